The minimum atomic E-state index is -0.214. The second-order valence-electron chi connectivity index (χ2n) is 8.79. The van der Waals surface area contributed by atoms with E-state index >= 15 is 0 Å². The molecule has 0 aliphatic carbocycles. The molecule has 5 rings (SSSR count). The van der Waals surface area contributed by atoms with Crippen LogP contribution >= 0.6 is 0 Å². The zero-order valence-electron chi connectivity index (χ0n) is 19.8. The van der Waals surface area contributed by atoms with Gasteiger partial charge in [-0.05, 0) is 26.0 Å². The molecule has 0 atom stereocenters. The molecule has 0 saturated carbocycles. The van der Waals surface area contributed by atoms with Gasteiger partial charge in [0.1, 0.15) is 6.54 Å². The van der Waals surface area contributed by atoms with Crippen molar-refractivity contribution in [3.05, 3.63) is 65.5 Å². The van der Waals surface area contributed by atoms with E-state index in [1.165, 1.54) is 10.6 Å². The fourth-order valence-electron chi connectivity index (χ4n) is 4.03. The first kappa shape index (κ1) is 22.7. The molecule has 0 bridgehead atoms. The molecule has 0 spiro atoms. The molecule has 10 heteroatoms. The standard InChI is InChI=1S/C25H27N7O3/c1-17-3-7-19(8-4-17)23-27-21(35-29-23)16-30-11-13-31(14-12-30)25(34)24-26-15-22(33)32(28-24)20-9-5-18(2)6-10-20/h3-10H,11-16H2,1-2H3,(H,26,28). The van der Waals surface area contributed by atoms with E-state index in [4.69, 9.17) is 4.52 Å². The Morgan fingerprint density at radius 1 is 0.971 bits per heavy atom. The molecule has 1 fully saturated rings. The Kier molecular flexibility index (Phi) is 6.28. The third kappa shape index (κ3) is 5.07. The maximum Gasteiger partial charge on any atom is 0.290 e. The first-order valence-corrected chi connectivity index (χ1v) is 11.6. The average Bonchev–Trinajstić information content (AvgIpc) is 3.34. The molecule has 10 nitrogen and oxygen atoms in total. The van der Waals surface area contributed by atoms with E-state index in [9.17, 15) is 9.59 Å². The molecule has 1 aromatic heterocycles. The fraction of sp³-hybridized carbons (Fsp3) is 0.320. The van der Waals surface area contributed by atoms with E-state index in [0.717, 1.165) is 11.1 Å². The van der Waals surface area contributed by atoms with Crippen molar-refractivity contribution < 1.29 is 14.1 Å². The quantitative estimate of drug-likeness (QED) is 0.604. The Morgan fingerprint density at radius 3 is 2.31 bits per heavy atom. The van der Waals surface area contributed by atoms with Crippen LogP contribution in [-0.2, 0) is 16.1 Å². The molecule has 1 saturated heterocycles. The maximum atomic E-state index is 13.1. The van der Waals surface area contributed by atoms with Crippen LogP contribution in [0.2, 0.25) is 0 Å². The van der Waals surface area contributed by atoms with Crippen LogP contribution in [0.15, 0.2) is 58.0 Å². The van der Waals surface area contributed by atoms with Crippen LogP contribution in [0.3, 0.4) is 0 Å². The first-order valence-electron chi connectivity index (χ1n) is 11.6. The number of amidine groups is 1. The van der Waals surface area contributed by atoms with Gasteiger partial charge in [-0.3, -0.25) is 24.9 Å². The number of aromatic nitrogens is 2. The Morgan fingerprint density at radius 2 is 1.63 bits per heavy atom. The highest BCUT2D eigenvalue weighted by molar-refractivity contribution is 6.39. The normalized spacial score (nSPS) is 16.7. The lowest BCUT2D eigenvalue weighted by Gasteiger charge is -2.35. The molecular formula is C25H27N7O3. The number of aryl methyl sites for hydroxylation is 2. The average molecular weight is 474 g/mol. The lowest BCUT2D eigenvalue weighted by atomic mass is 10.1. The van der Waals surface area contributed by atoms with Crippen molar-refractivity contribution in [2.45, 2.75) is 20.4 Å². The topological polar surface area (TPSA) is 107 Å². The Labute approximate surface area is 203 Å². The molecule has 1 N–H and O–H groups in total. The number of nitrogens with one attached hydrogen (secondary N) is 1. The summed E-state index contributed by atoms with van der Waals surface area (Å²) in [6, 6.07) is 15.5. The van der Waals surface area contributed by atoms with Gasteiger partial charge in [-0.2, -0.15) is 4.98 Å². The second-order valence-corrected chi connectivity index (χ2v) is 8.79. The van der Waals surface area contributed by atoms with Crippen molar-refractivity contribution in [3.63, 3.8) is 0 Å². The number of carbonyl (C=O) groups excluding carboxylic acids is 2. The molecular weight excluding hydrogens is 446 g/mol. The molecule has 2 aromatic carbocycles. The van der Waals surface area contributed by atoms with Gasteiger partial charge in [0.25, 0.3) is 11.8 Å². The van der Waals surface area contributed by atoms with E-state index in [1.807, 2.05) is 62.4 Å². The minimum Gasteiger partial charge on any atom is -0.338 e. The predicted molar refractivity (Wildman–Crippen MR) is 130 cm³/mol. The number of hydrogen-bond acceptors (Lipinski definition) is 8. The molecule has 3 heterocycles. The number of amides is 2. The summed E-state index contributed by atoms with van der Waals surface area (Å²) in [6.07, 6.45) is 0. The number of aliphatic imine (C=N–C) groups is 1. The SMILES string of the molecule is Cc1ccc(-c2noc(CN3CCN(C(=O)C4=NCC(=O)N(c5ccc(C)cc5)N4)CC3)n2)cc1. The van der Waals surface area contributed by atoms with Crippen molar-refractivity contribution in [3.8, 4) is 11.4 Å². The number of nitrogens with zero attached hydrogens (tertiary/aromatic N) is 6. The van der Waals surface area contributed by atoms with Crippen LogP contribution in [0.1, 0.15) is 17.0 Å². The van der Waals surface area contributed by atoms with Gasteiger partial charge in [0.2, 0.25) is 17.6 Å². The lowest BCUT2D eigenvalue weighted by molar-refractivity contribution is -0.126. The van der Waals surface area contributed by atoms with Gasteiger partial charge in [-0.1, -0.05) is 52.7 Å². The number of benzene rings is 2. The third-order valence-electron chi connectivity index (χ3n) is 6.13. The van der Waals surface area contributed by atoms with Gasteiger partial charge in [0, 0.05) is 31.7 Å². The van der Waals surface area contributed by atoms with Gasteiger partial charge in [-0.25, -0.2) is 5.01 Å². The van der Waals surface area contributed by atoms with Gasteiger partial charge < -0.3 is 9.42 Å². The zero-order valence-corrected chi connectivity index (χ0v) is 19.8. The summed E-state index contributed by atoms with van der Waals surface area (Å²) < 4.78 is 5.44. The molecule has 180 valence electrons. The zero-order chi connectivity index (χ0) is 24.4. The van der Waals surface area contributed by atoms with Crippen molar-refractivity contribution in [2.75, 3.05) is 37.7 Å². The summed E-state index contributed by atoms with van der Waals surface area (Å²) in [7, 11) is 0. The van der Waals surface area contributed by atoms with E-state index in [2.05, 4.69) is 25.5 Å². The van der Waals surface area contributed by atoms with Crippen molar-refractivity contribution in [2.24, 2.45) is 4.99 Å². The molecule has 0 radical (unpaired) electrons. The summed E-state index contributed by atoms with van der Waals surface area (Å²) in [5.41, 5.74) is 6.76. The van der Waals surface area contributed by atoms with Crippen LogP contribution in [0.5, 0.6) is 0 Å². The Hall–Kier alpha value is -4.05. The highest BCUT2D eigenvalue weighted by atomic mass is 16.5. The number of hydrazine groups is 1. The van der Waals surface area contributed by atoms with Gasteiger partial charge in [-0.15, -0.1) is 0 Å². The summed E-state index contributed by atoms with van der Waals surface area (Å²) >= 11 is 0. The van der Waals surface area contributed by atoms with Crippen LogP contribution in [0.4, 0.5) is 5.69 Å². The summed E-state index contributed by atoms with van der Waals surface area (Å²) in [6.45, 7) is 6.88. The fourth-order valence-corrected chi connectivity index (χ4v) is 4.03. The lowest BCUT2D eigenvalue weighted by Crippen LogP contribution is -2.58. The monoisotopic (exact) mass is 473 g/mol. The minimum absolute atomic E-state index is 0.0671. The number of piperazine rings is 1. The summed E-state index contributed by atoms with van der Waals surface area (Å²) in [4.78, 5) is 38.0. The van der Waals surface area contributed by atoms with Crippen molar-refractivity contribution >= 4 is 23.3 Å². The van der Waals surface area contributed by atoms with Crippen molar-refractivity contribution in [1.82, 2.24) is 25.4 Å². The Bertz CT molecular complexity index is 1240. The Balaban J connectivity index is 1.16. The highest BCUT2D eigenvalue weighted by Gasteiger charge is 2.30. The van der Waals surface area contributed by atoms with Gasteiger partial charge >= 0.3 is 0 Å². The van der Waals surface area contributed by atoms with E-state index in [0.29, 0.717) is 50.1 Å². The first-order chi connectivity index (χ1) is 17.0. The molecule has 3 aromatic rings. The number of hydrogen-bond donors (Lipinski definition) is 1. The number of anilines is 1. The van der Waals surface area contributed by atoms with Gasteiger partial charge in [0.05, 0.1) is 12.2 Å². The van der Waals surface area contributed by atoms with E-state index in [1.54, 1.807) is 4.90 Å². The van der Waals surface area contributed by atoms with Crippen LogP contribution in [0, 0.1) is 13.8 Å². The number of carbonyl (C=O) groups is 2. The second kappa shape index (κ2) is 9.67. The molecule has 35 heavy (non-hydrogen) atoms. The molecule has 0 unspecified atom stereocenters. The predicted octanol–water partition coefficient (Wildman–Crippen LogP) is 1.95. The summed E-state index contributed by atoms with van der Waals surface area (Å²) in [5, 5.41) is 5.48. The molecule has 2 amide bonds. The number of rotatable bonds is 5. The molecule has 2 aliphatic heterocycles. The van der Waals surface area contributed by atoms with Gasteiger partial charge in [0.15, 0.2) is 0 Å². The highest BCUT2D eigenvalue weighted by Crippen LogP contribution is 2.18. The van der Waals surface area contributed by atoms with Crippen LogP contribution < -0.4 is 10.4 Å². The van der Waals surface area contributed by atoms with E-state index in [-0.39, 0.29) is 24.2 Å². The molecule has 2 aliphatic rings. The largest absolute Gasteiger partial charge is 0.338 e. The smallest absolute Gasteiger partial charge is 0.290 e. The van der Waals surface area contributed by atoms with Crippen LogP contribution in [-0.4, -0.2) is 70.3 Å². The third-order valence-corrected chi connectivity index (χ3v) is 6.13. The van der Waals surface area contributed by atoms with E-state index < -0.39 is 0 Å². The summed E-state index contributed by atoms with van der Waals surface area (Å²) in [5.74, 6) is 0.876. The van der Waals surface area contributed by atoms with Crippen molar-refractivity contribution in [1.29, 1.82) is 0 Å². The maximum absolute atomic E-state index is 13.1. The van der Waals surface area contributed by atoms with Crippen LogP contribution in [0.25, 0.3) is 11.4 Å².